The fourth-order valence-electron chi connectivity index (χ4n) is 2.75. The van der Waals surface area contributed by atoms with Gasteiger partial charge >= 0.3 is 0 Å². The van der Waals surface area contributed by atoms with Crippen molar-refractivity contribution in [1.82, 2.24) is 10.2 Å². The lowest BCUT2D eigenvalue weighted by molar-refractivity contribution is -0.141. The third-order valence-corrected chi connectivity index (χ3v) is 3.98. The molecule has 0 saturated carbocycles. The van der Waals surface area contributed by atoms with E-state index in [0.29, 0.717) is 6.54 Å². The quantitative estimate of drug-likeness (QED) is 0.695. The van der Waals surface area contributed by atoms with Crippen molar-refractivity contribution >= 4 is 11.8 Å². The predicted octanol–water partition coefficient (Wildman–Crippen LogP) is -0.292. The van der Waals surface area contributed by atoms with Crippen LogP contribution >= 0.6 is 0 Å². The average molecular weight is 239 g/mol. The summed E-state index contributed by atoms with van der Waals surface area (Å²) in [5.41, 5.74) is 5.34. The van der Waals surface area contributed by atoms with Crippen LogP contribution in [0.2, 0.25) is 0 Å². The third kappa shape index (κ3) is 2.60. The maximum Gasteiger partial charge on any atom is 0.227 e. The van der Waals surface area contributed by atoms with Crippen LogP contribution < -0.4 is 11.1 Å². The summed E-state index contributed by atoms with van der Waals surface area (Å²) in [4.78, 5) is 25.4. The largest absolute Gasteiger partial charge is 0.369 e. The van der Waals surface area contributed by atoms with Crippen molar-refractivity contribution in [2.45, 2.75) is 32.2 Å². The normalized spacial score (nSPS) is 33.7. The number of piperidine rings is 1. The molecule has 0 unspecified atom stereocenters. The number of nitrogens with one attached hydrogen (secondary N) is 1. The number of hydrogen-bond donors (Lipinski definition) is 2. The summed E-state index contributed by atoms with van der Waals surface area (Å²) < 4.78 is 0. The number of nitrogens with zero attached hydrogens (tertiary/aromatic N) is 1. The van der Waals surface area contributed by atoms with E-state index in [0.717, 1.165) is 32.4 Å². The van der Waals surface area contributed by atoms with Crippen LogP contribution in [-0.2, 0) is 9.59 Å². The van der Waals surface area contributed by atoms with Crippen molar-refractivity contribution in [3.63, 3.8) is 0 Å². The third-order valence-electron chi connectivity index (χ3n) is 3.98. The standard InChI is InChI=1S/C12H21N3O2/c1-8-2-3-10(11(13)16)7-15(8)12(17)9-4-5-14-6-9/h8-10,14H,2-7H2,1H3,(H2,13,16)/t8-,9+,10+/m1/s1. The molecule has 0 radical (unpaired) electrons. The van der Waals surface area contributed by atoms with E-state index in [2.05, 4.69) is 12.2 Å². The molecule has 0 aliphatic carbocycles. The van der Waals surface area contributed by atoms with E-state index < -0.39 is 0 Å². The van der Waals surface area contributed by atoms with E-state index in [-0.39, 0.29) is 29.7 Å². The van der Waals surface area contributed by atoms with Crippen LogP contribution in [0, 0.1) is 11.8 Å². The number of likely N-dealkylation sites (tertiary alicyclic amines) is 1. The topological polar surface area (TPSA) is 75.4 Å². The highest BCUT2D eigenvalue weighted by Crippen LogP contribution is 2.24. The fourth-order valence-corrected chi connectivity index (χ4v) is 2.75. The summed E-state index contributed by atoms with van der Waals surface area (Å²) in [6, 6.07) is 0.235. The summed E-state index contributed by atoms with van der Waals surface area (Å²) in [7, 11) is 0. The van der Waals surface area contributed by atoms with E-state index in [9.17, 15) is 9.59 Å². The first-order chi connectivity index (χ1) is 8.09. The monoisotopic (exact) mass is 239 g/mol. The maximum absolute atomic E-state index is 12.3. The summed E-state index contributed by atoms with van der Waals surface area (Å²) in [6.07, 6.45) is 2.59. The lowest BCUT2D eigenvalue weighted by Gasteiger charge is -2.38. The second kappa shape index (κ2) is 5.04. The second-order valence-corrected chi connectivity index (χ2v) is 5.21. The van der Waals surface area contributed by atoms with Crippen molar-refractivity contribution in [3.8, 4) is 0 Å². The number of hydrogen-bond acceptors (Lipinski definition) is 3. The zero-order valence-electron chi connectivity index (χ0n) is 10.3. The molecule has 0 bridgehead atoms. The van der Waals surface area contributed by atoms with Crippen LogP contribution in [0.25, 0.3) is 0 Å². The van der Waals surface area contributed by atoms with Gasteiger partial charge in [0.25, 0.3) is 0 Å². The van der Waals surface area contributed by atoms with Crippen molar-refractivity contribution < 1.29 is 9.59 Å². The Labute approximate surface area is 102 Å². The average Bonchev–Trinajstić information content (AvgIpc) is 2.81. The minimum absolute atomic E-state index is 0.0871. The molecule has 96 valence electrons. The molecule has 5 nitrogen and oxygen atoms in total. The van der Waals surface area contributed by atoms with E-state index in [1.54, 1.807) is 0 Å². The second-order valence-electron chi connectivity index (χ2n) is 5.21. The first-order valence-corrected chi connectivity index (χ1v) is 6.40. The molecule has 0 aromatic heterocycles. The van der Waals surface area contributed by atoms with Gasteiger partial charge in [-0.25, -0.2) is 0 Å². The highest BCUT2D eigenvalue weighted by atomic mass is 16.2. The van der Waals surface area contributed by atoms with Crippen molar-refractivity contribution in [3.05, 3.63) is 0 Å². The van der Waals surface area contributed by atoms with Gasteiger partial charge in [0, 0.05) is 19.1 Å². The van der Waals surface area contributed by atoms with Crippen LogP contribution in [0.1, 0.15) is 26.2 Å². The Morgan fingerprint density at radius 3 is 2.59 bits per heavy atom. The first kappa shape index (κ1) is 12.4. The molecular formula is C12H21N3O2. The molecule has 2 rings (SSSR count). The Hall–Kier alpha value is -1.10. The molecule has 0 spiro atoms. The first-order valence-electron chi connectivity index (χ1n) is 6.40. The lowest BCUT2D eigenvalue weighted by atomic mass is 9.91. The van der Waals surface area contributed by atoms with E-state index in [4.69, 9.17) is 5.73 Å². The number of rotatable bonds is 2. The predicted molar refractivity (Wildman–Crippen MR) is 64.1 cm³/mol. The molecule has 2 fully saturated rings. The summed E-state index contributed by atoms with van der Waals surface area (Å²) in [5.74, 6) is -0.165. The van der Waals surface area contributed by atoms with Crippen molar-refractivity contribution in [2.75, 3.05) is 19.6 Å². The Balaban J connectivity index is 2.01. The zero-order valence-corrected chi connectivity index (χ0v) is 10.3. The molecule has 2 aliphatic rings. The highest BCUT2D eigenvalue weighted by Gasteiger charge is 2.35. The molecule has 3 N–H and O–H groups in total. The van der Waals surface area contributed by atoms with Gasteiger partial charge in [0.15, 0.2) is 0 Å². The lowest BCUT2D eigenvalue weighted by Crippen LogP contribution is -2.50. The number of carbonyl (C=O) groups is 2. The number of nitrogens with two attached hydrogens (primary N) is 1. The molecule has 2 saturated heterocycles. The Kier molecular flexibility index (Phi) is 3.66. The maximum atomic E-state index is 12.3. The molecule has 3 atom stereocenters. The molecule has 2 amide bonds. The summed E-state index contributed by atoms with van der Waals surface area (Å²) >= 11 is 0. The van der Waals surface area contributed by atoms with Gasteiger partial charge in [-0.15, -0.1) is 0 Å². The van der Waals surface area contributed by atoms with Crippen molar-refractivity contribution in [1.29, 1.82) is 0 Å². The van der Waals surface area contributed by atoms with Crippen molar-refractivity contribution in [2.24, 2.45) is 17.6 Å². The van der Waals surface area contributed by atoms with Crippen LogP contribution in [0.15, 0.2) is 0 Å². The molecule has 5 heteroatoms. The van der Waals surface area contributed by atoms with E-state index >= 15 is 0 Å². The number of amides is 2. The SMILES string of the molecule is C[C@@H]1CC[C@H](C(N)=O)CN1C(=O)[C@H]1CCNC1. The number of primary amides is 1. The minimum Gasteiger partial charge on any atom is -0.369 e. The minimum atomic E-state index is -0.278. The Morgan fingerprint density at radius 1 is 1.24 bits per heavy atom. The fraction of sp³-hybridized carbons (Fsp3) is 0.833. The van der Waals surface area contributed by atoms with Crippen LogP contribution in [0.3, 0.4) is 0 Å². The van der Waals surface area contributed by atoms with Gasteiger partial charge in [-0.1, -0.05) is 0 Å². The molecule has 17 heavy (non-hydrogen) atoms. The van der Waals surface area contributed by atoms with Crippen LogP contribution in [0.4, 0.5) is 0 Å². The van der Waals surface area contributed by atoms with E-state index in [1.165, 1.54) is 0 Å². The van der Waals surface area contributed by atoms with Crippen LogP contribution in [-0.4, -0.2) is 42.4 Å². The van der Waals surface area contributed by atoms with Gasteiger partial charge in [-0.2, -0.15) is 0 Å². The molecule has 0 aromatic rings. The van der Waals surface area contributed by atoms with Crippen LogP contribution in [0.5, 0.6) is 0 Å². The van der Waals surface area contributed by atoms with Gasteiger partial charge in [-0.3, -0.25) is 9.59 Å². The Bertz CT molecular complexity index is 313. The van der Waals surface area contributed by atoms with Gasteiger partial charge in [0.2, 0.25) is 11.8 Å². The molecule has 2 heterocycles. The van der Waals surface area contributed by atoms with Gasteiger partial charge in [-0.05, 0) is 32.7 Å². The zero-order chi connectivity index (χ0) is 12.4. The van der Waals surface area contributed by atoms with E-state index in [1.807, 2.05) is 4.90 Å². The molecule has 2 aliphatic heterocycles. The van der Waals surface area contributed by atoms with Gasteiger partial charge in [0.05, 0.1) is 11.8 Å². The smallest absolute Gasteiger partial charge is 0.227 e. The summed E-state index contributed by atoms with van der Waals surface area (Å²) in [6.45, 7) is 4.24. The number of carbonyl (C=O) groups excluding carboxylic acids is 2. The molecular weight excluding hydrogens is 218 g/mol. The van der Waals surface area contributed by atoms with Gasteiger partial charge < -0.3 is 16.0 Å². The highest BCUT2D eigenvalue weighted by molar-refractivity contribution is 5.82. The van der Waals surface area contributed by atoms with Gasteiger partial charge in [0.1, 0.15) is 0 Å². The Morgan fingerprint density at radius 2 is 2.00 bits per heavy atom. The summed E-state index contributed by atoms with van der Waals surface area (Å²) in [5, 5.41) is 3.20. The molecule has 0 aromatic carbocycles.